The highest BCUT2D eigenvalue weighted by atomic mass is 16.5. The Hall–Kier alpha value is -4.32. The molecule has 2 aromatic carbocycles. The van der Waals surface area contributed by atoms with Crippen molar-refractivity contribution in [3.63, 3.8) is 0 Å². The highest BCUT2D eigenvalue weighted by Crippen LogP contribution is 2.31. The number of carbonyl (C=O) groups is 2. The Labute approximate surface area is 308 Å². The Bertz CT molecular complexity index is 1840. The molecule has 0 bridgehead atoms. The van der Waals surface area contributed by atoms with E-state index < -0.39 is 0 Å². The van der Waals surface area contributed by atoms with Crippen LogP contribution in [0.2, 0.25) is 0 Å². The summed E-state index contributed by atoms with van der Waals surface area (Å²) in [5.41, 5.74) is 9.62. The summed E-state index contributed by atoms with van der Waals surface area (Å²) in [6.07, 6.45) is 4.65. The number of aryl methyl sites for hydroxylation is 3. The predicted octanol–water partition coefficient (Wildman–Crippen LogP) is 5.47. The van der Waals surface area contributed by atoms with Gasteiger partial charge in [-0.25, -0.2) is 9.67 Å². The summed E-state index contributed by atoms with van der Waals surface area (Å²) in [5, 5.41) is 19.0. The van der Waals surface area contributed by atoms with Crippen LogP contribution in [-0.2, 0) is 46.9 Å². The molecule has 0 aliphatic carbocycles. The van der Waals surface area contributed by atoms with E-state index in [0.29, 0.717) is 25.2 Å². The quantitative estimate of drug-likeness (QED) is 0.136. The third-order valence-corrected chi connectivity index (χ3v) is 10.3. The van der Waals surface area contributed by atoms with Crippen LogP contribution in [0.4, 0.5) is 5.69 Å². The fourth-order valence-corrected chi connectivity index (χ4v) is 7.65. The first-order valence-electron chi connectivity index (χ1n) is 19.1. The maximum atomic E-state index is 13.1. The second-order valence-corrected chi connectivity index (χ2v) is 14.6. The molecule has 4 heterocycles. The monoisotopic (exact) mass is 708 g/mol. The second kappa shape index (κ2) is 17.5. The molecular formula is C41H56N8O3. The minimum Gasteiger partial charge on any atom is -0.381 e. The summed E-state index contributed by atoms with van der Waals surface area (Å²) >= 11 is 0. The van der Waals surface area contributed by atoms with Crippen molar-refractivity contribution >= 4 is 28.5 Å². The number of amides is 2. The first kappa shape index (κ1) is 37.4. The van der Waals surface area contributed by atoms with E-state index in [0.717, 1.165) is 92.2 Å². The minimum atomic E-state index is -0.166. The van der Waals surface area contributed by atoms with E-state index in [-0.39, 0.29) is 30.7 Å². The molecule has 4 N–H and O–H groups in total. The van der Waals surface area contributed by atoms with E-state index in [1.165, 1.54) is 22.3 Å². The molecule has 4 aromatic rings. The van der Waals surface area contributed by atoms with E-state index in [4.69, 9.17) is 9.72 Å². The number of fused-ring (bicyclic) bond motifs is 1. The van der Waals surface area contributed by atoms with Crippen molar-refractivity contribution < 1.29 is 14.3 Å². The Balaban J connectivity index is 1.04. The zero-order valence-electron chi connectivity index (χ0n) is 31.6. The third kappa shape index (κ3) is 9.36. The number of benzene rings is 2. The molecular weight excluding hydrogens is 653 g/mol. The molecule has 2 aliphatic rings. The Kier molecular flexibility index (Phi) is 12.6. The lowest BCUT2D eigenvalue weighted by atomic mass is 9.96. The van der Waals surface area contributed by atoms with Crippen LogP contribution in [0.15, 0.2) is 48.7 Å². The average Bonchev–Trinajstić information content (AvgIpc) is 3.56. The van der Waals surface area contributed by atoms with Crippen molar-refractivity contribution in [2.24, 2.45) is 0 Å². The lowest BCUT2D eigenvalue weighted by Crippen LogP contribution is -2.53. The van der Waals surface area contributed by atoms with Crippen LogP contribution in [0.5, 0.6) is 0 Å². The van der Waals surface area contributed by atoms with Crippen molar-refractivity contribution in [3.05, 3.63) is 76.6 Å². The van der Waals surface area contributed by atoms with Gasteiger partial charge in [-0.3, -0.25) is 14.5 Å². The van der Waals surface area contributed by atoms with E-state index >= 15 is 0 Å². The lowest BCUT2D eigenvalue weighted by molar-refractivity contribution is -0.126. The van der Waals surface area contributed by atoms with E-state index in [9.17, 15) is 9.59 Å². The van der Waals surface area contributed by atoms with Gasteiger partial charge in [-0.1, -0.05) is 37.3 Å². The molecule has 52 heavy (non-hydrogen) atoms. The lowest BCUT2D eigenvalue weighted by Gasteiger charge is -2.36. The fraction of sp³-hybridized carbons (Fsp3) is 0.512. The number of anilines is 1. The van der Waals surface area contributed by atoms with Gasteiger partial charge in [0.1, 0.15) is 0 Å². The Morgan fingerprint density at radius 3 is 2.38 bits per heavy atom. The molecule has 2 amide bonds. The van der Waals surface area contributed by atoms with Crippen LogP contribution in [0.3, 0.4) is 0 Å². The molecule has 6 rings (SSSR count). The molecule has 0 radical (unpaired) electrons. The van der Waals surface area contributed by atoms with E-state index in [1.807, 2.05) is 10.9 Å². The fourth-order valence-electron chi connectivity index (χ4n) is 7.65. The van der Waals surface area contributed by atoms with Crippen LogP contribution in [0.25, 0.3) is 22.2 Å². The second-order valence-electron chi connectivity index (χ2n) is 14.6. The first-order valence-corrected chi connectivity index (χ1v) is 19.1. The highest BCUT2D eigenvalue weighted by molar-refractivity contribution is 5.92. The van der Waals surface area contributed by atoms with Crippen LogP contribution < -0.4 is 21.3 Å². The van der Waals surface area contributed by atoms with Crippen molar-refractivity contribution in [1.29, 1.82) is 0 Å². The smallest absolute Gasteiger partial charge is 0.220 e. The van der Waals surface area contributed by atoms with Gasteiger partial charge in [-0.05, 0) is 86.9 Å². The number of carbonyl (C=O) groups excluding carboxylic acids is 2. The maximum Gasteiger partial charge on any atom is 0.220 e. The Morgan fingerprint density at radius 1 is 0.942 bits per heavy atom. The minimum absolute atomic E-state index is 0.107. The number of nitrogens with zero attached hydrogens (tertiary/aromatic N) is 4. The molecule has 2 aromatic heterocycles. The molecule has 2 saturated heterocycles. The standard InChI is InChI=1S/C41H56N8O3/c1-6-37-35(40(46-33-15-17-52-18-16-33)36-23-44-49(7-2)41(36)47-37)22-43-39(51)14-13-38(50)42-21-30-12-11-27(3)34(20-30)32-10-8-9-31(19-32)26-48-24-28(4)45-29(5)25-48/h8-12,19-20,23,28-29,33,45H,6-7,13-18,21-22,24-26H2,1-5H3,(H,42,50)(H,43,51)(H,46,47)/t28-,29+. The van der Waals surface area contributed by atoms with E-state index in [1.54, 1.807) is 0 Å². The Morgan fingerprint density at radius 2 is 1.67 bits per heavy atom. The van der Waals surface area contributed by atoms with Gasteiger partial charge in [-0.2, -0.15) is 5.10 Å². The number of aromatic nitrogens is 3. The van der Waals surface area contributed by atoms with Gasteiger partial charge < -0.3 is 26.0 Å². The number of ether oxygens (including phenoxy) is 1. The summed E-state index contributed by atoms with van der Waals surface area (Å²) in [6, 6.07) is 16.4. The molecule has 11 nitrogen and oxygen atoms in total. The normalized spacial score (nSPS) is 18.4. The van der Waals surface area contributed by atoms with Crippen molar-refractivity contribution in [2.45, 2.75) is 111 Å². The topological polar surface area (TPSA) is 125 Å². The molecule has 2 fully saturated rings. The van der Waals surface area contributed by atoms with Crippen LogP contribution in [0.1, 0.15) is 81.3 Å². The van der Waals surface area contributed by atoms with Crippen LogP contribution in [-0.4, -0.2) is 75.9 Å². The summed E-state index contributed by atoms with van der Waals surface area (Å²) in [6.45, 7) is 16.7. The molecule has 0 saturated carbocycles. The third-order valence-electron chi connectivity index (χ3n) is 10.3. The molecule has 0 spiro atoms. The number of hydrogen-bond acceptors (Lipinski definition) is 8. The number of hydrogen-bond donors (Lipinski definition) is 4. The van der Waals surface area contributed by atoms with E-state index in [2.05, 4.69) is 108 Å². The maximum absolute atomic E-state index is 13.1. The van der Waals surface area contributed by atoms with Gasteiger partial charge in [0.25, 0.3) is 0 Å². The average molecular weight is 709 g/mol. The summed E-state index contributed by atoms with van der Waals surface area (Å²) < 4.78 is 7.50. The number of piperazine rings is 1. The van der Waals surface area contributed by atoms with Gasteiger partial charge in [0.15, 0.2) is 5.65 Å². The van der Waals surface area contributed by atoms with Gasteiger partial charge in [-0.15, -0.1) is 0 Å². The highest BCUT2D eigenvalue weighted by Gasteiger charge is 2.23. The number of rotatable bonds is 14. The largest absolute Gasteiger partial charge is 0.381 e. The summed E-state index contributed by atoms with van der Waals surface area (Å²) in [7, 11) is 0. The van der Waals surface area contributed by atoms with Gasteiger partial charge in [0.2, 0.25) is 11.8 Å². The first-order chi connectivity index (χ1) is 25.2. The van der Waals surface area contributed by atoms with Crippen molar-refractivity contribution in [1.82, 2.24) is 35.6 Å². The van der Waals surface area contributed by atoms with Gasteiger partial charge >= 0.3 is 0 Å². The summed E-state index contributed by atoms with van der Waals surface area (Å²) in [5.74, 6) is -0.314. The molecule has 2 aliphatic heterocycles. The van der Waals surface area contributed by atoms with Crippen molar-refractivity contribution in [3.8, 4) is 11.1 Å². The number of pyridine rings is 1. The molecule has 11 heteroatoms. The van der Waals surface area contributed by atoms with Crippen molar-refractivity contribution in [2.75, 3.05) is 31.6 Å². The molecule has 278 valence electrons. The van der Waals surface area contributed by atoms with Crippen LogP contribution >= 0.6 is 0 Å². The zero-order chi connectivity index (χ0) is 36.6. The number of nitrogens with one attached hydrogen (secondary N) is 4. The van der Waals surface area contributed by atoms with Gasteiger partial charge in [0, 0.05) is 94.7 Å². The molecule has 0 unspecified atom stereocenters. The summed E-state index contributed by atoms with van der Waals surface area (Å²) in [4.78, 5) is 33.5. The zero-order valence-corrected chi connectivity index (χ0v) is 31.6. The van der Waals surface area contributed by atoms with Crippen LogP contribution in [0, 0.1) is 6.92 Å². The SMILES string of the molecule is CCc1nc2c(cnn2CC)c(NC2CCOCC2)c1CNC(=O)CCC(=O)NCc1ccc(C)c(-c2cccc(CN3C[C@@H](C)N[C@@H](C)C3)c2)c1. The molecule has 2 atom stereocenters. The predicted molar refractivity (Wildman–Crippen MR) is 207 cm³/mol. The van der Waals surface area contributed by atoms with Gasteiger partial charge in [0.05, 0.1) is 17.3 Å².